The maximum Gasteiger partial charge on any atom is 0.407 e. The molecule has 21 heavy (non-hydrogen) atoms. The lowest BCUT2D eigenvalue weighted by atomic mass is 10.1. The quantitative estimate of drug-likeness (QED) is 0.904. The molecular formula is C17H19NO3. The van der Waals surface area contributed by atoms with Gasteiger partial charge in [-0.05, 0) is 36.1 Å². The molecule has 0 aliphatic carbocycles. The predicted molar refractivity (Wildman–Crippen MR) is 81.0 cm³/mol. The maximum absolute atomic E-state index is 11.6. The lowest BCUT2D eigenvalue weighted by Crippen LogP contribution is -2.23. The van der Waals surface area contributed by atoms with Crippen LogP contribution in [0.3, 0.4) is 0 Å². The van der Waals surface area contributed by atoms with Gasteiger partial charge in [-0.2, -0.15) is 0 Å². The summed E-state index contributed by atoms with van der Waals surface area (Å²) in [5, 5.41) is 12.4. The zero-order valence-electron chi connectivity index (χ0n) is 12.2. The van der Waals surface area contributed by atoms with E-state index in [1.807, 2.05) is 56.3 Å². The second kappa shape index (κ2) is 6.79. The molecule has 0 atom stereocenters. The van der Waals surface area contributed by atoms with Gasteiger partial charge in [0.1, 0.15) is 12.4 Å². The molecule has 0 aliphatic heterocycles. The average Bonchev–Trinajstić information content (AvgIpc) is 2.49. The summed E-state index contributed by atoms with van der Waals surface area (Å²) in [6.45, 7) is 4.29. The standard InChI is InChI=1S/C17H19NO3/c1-12-8-15(9-13(2)16(12)19)10-18-17(20)21-11-14-6-4-3-5-7-14/h3-9,19H,10-11H2,1-2H3,(H,18,20). The summed E-state index contributed by atoms with van der Waals surface area (Å²) in [5.74, 6) is 0.297. The van der Waals surface area contributed by atoms with E-state index in [2.05, 4.69) is 5.32 Å². The van der Waals surface area contributed by atoms with Gasteiger partial charge in [0.05, 0.1) is 0 Å². The van der Waals surface area contributed by atoms with Crippen LogP contribution in [0.25, 0.3) is 0 Å². The Bertz CT molecular complexity index is 600. The van der Waals surface area contributed by atoms with Gasteiger partial charge in [0, 0.05) is 6.54 Å². The molecule has 0 unspecified atom stereocenters. The number of aryl methyl sites for hydroxylation is 2. The third-order valence-electron chi connectivity index (χ3n) is 3.20. The first-order chi connectivity index (χ1) is 10.1. The molecule has 0 spiro atoms. The van der Waals surface area contributed by atoms with Gasteiger partial charge in [-0.1, -0.05) is 42.5 Å². The smallest absolute Gasteiger partial charge is 0.407 e. The van der Waals surface area contributed by atoms with E-state index in [0.29, 0.717) is 12.3 Å². The number of benzene rings is 2. The van der Waals surface area contributed by atoms with Crippen molar-refractivity contribution in [1.29, 1.82) is 0 Å². The van der Waals surface area contributed by atoms with E-state index in [1.165, 1.54) is 0 Å². The van der Waals surface area contributed by atoms with Crippen molar-refractivity contribution in [3.05, 3.63) is 64.7 Å². The van der Waals surface area contributed by atoms with Crippen molar-refractivity contribution < 1.29 is 14.6 Å². The van der Waals surface area contributed by atoms with Crippen molar-refractivity contribution in [1.82, 2.24) is 5.32 Å². The van der Waals surface area contributed by atoms with E-state index in [9.17, 15) is 9.90 Å². The summed E-state index contributed by atoms with van der Waals surface area (Å²) < 4.78 is 5.13. The Labute approximate surface area is 124 Å². The molecule has 0 bridgehead atoms. The van der Waals surface area contributed by atoms with Crippen LogP contribution in [0.2, 0.25) is 0 Å². The minimum absolute atomic E-state index is 0.250. The van der Waals surface area contributed by atoms with Crippen LogP contribution >= 0.6 is 0 Å². The molecule has 1 amide bonds. The van der Waals surface area contributed by atoms with Crippen molar-refractivity contribution >= 4 is 6.09 Å². The van der Waals surface area contributed by atoms with Gasteiger partial charge in [0.15, 0.2) is 0 Å². The molecule has 0 heterocycles. The molecule has 0 saturated carbocycles. The number of phenolic OH excluding ortho intramolecular Hbond substituents is 1. The fraction of sp³-hybridized carbons (Fsp3) is 0.235. The number of amides is 1. The normalized spacial score (nSPS) is 10.2. The third kappa shape index (κ3) is 4.24. The topological polar surface area (TPSA) is 58.6 Å². The van der Waals surface area contributed by atoms with E-state index in [4.69, 9.17) is 4.74 Å². The van der Waals surface area contributed by atoms with Crippen LogP contribution in [0.5, 0.6) is 5.75 Å². The SMILES string of the molecule is Cc1cc(CNC(=O)OCc2ccccc2)cc(C)c1O. The number of alkyl carbamates (subject to hydrolysis) is 1. The van der Waals surface area contributed by atoms with Crippen LogP contribution < -0.4 is 5.32 Å². The van der Waals surface area contributed by atoms with Crippen LogP contribution in [0, 0.1) is 13.8 Å². The fourth-order valence-electron chi connectivity index (χ4n) is 2.10. The molecule has 2 aromatic rings. The number of phenols is 1. The Kier molecular flexibility index (Phi) is 4.82. The molecule has 2 aromatic carbocycles. The summed E-state index contributed by atoms with van der Waals surface area (Å²) >= 11 is 0. The monoisotopic (exact) mass is 285 g/mol. The maximum atomic E-state index is 11.6. The van der Waals surface area contributed by atoms with Gasteiger partial charge in [-0.3, -0.25) is 0 Å². The Morgan fingerprint density at radius 2 is 1.71 bits per heavy atom. The van der Waals surface area contributed by atoms with Gasteiger partial charge in [0.2, 0.25) is 0 Å². The summed E-state index contributed by atoms with van der Waals surface area (Å²) in [5.41, 5.74) is 3.47. The van der Waals surface area contributed by atoms with Crippen LogP contribution in [0.15, 0.2) is 42.5 Å². The number of nitrogens with one attached hydrogen (secondary N) is 1. The molecule has 2 rings (SSSR count). The number of carbonyl (C=O) groups is 1. The predicted octanol–water partition coefficient (Wildman–Crippen LogP) is 3.44. The summed E-state index contributed by atoms with van der Waals surface area (Å²) in [7, 11) is 0. The second-order valence-corrected chi connectivity index (χ2v) is 4.99. The first-order valence-electron chi connectivity index (χ1n) is 6.80. The van der Waals surface area contributed by atoms with Crippen molar-refractivity contribution in [3.63, 3.8) is 0 Å². The zero-order chi connectivity index (χ0) is 15.2. The highest BCUT2D eigenvalue weighted by atomic mass is 16.5. The first-order valence-corrected chi connectivity index (χ1v) is 6.80. The lowest BCUT2D eigenvalue weighted by Gasteiger charge is -2.10. The van der Waals surface area contributed by atoms with Crippen LogP contribution in [0.1, 0.15) is 22.3 Å². The molecule has 0 aliphatic rings. The number of rotatable bonds is 4. The minimum atomic E-state index is -0.456. The number of hydrogen-bond acceptors (Lipinski definition) is 3. The van der Waals surface area contributed by atoms with E-state index in [1.54, 1.807) is 0 Å². The van der Waals surface area contributed by atoms with Gasteiger partial charge < -0.3 is 15.2 Å². The van der Waals surface area contributed by atoms with E-state index >= 15 is 0 Å². The molecule has 4 nitrogen and oxygen atoms in total. The van der Waals surface area contributed by atoms with E-state index < -0.39 is 6.09 Å². The molecule has 0 radical (unpaired) electrons. The number of aromatic hydroxyl groups is 1. The number of carbonyl (C=O) groups excluding carboxylic acids is 1. The Morgan fingerprint density at radius 3 is 2.33 bits per heavy atom. The molecule has 2 N–H and O–H groups in total. The largest absolute Gasteiger partial charge is 0.507 e. The Morgan fingerprint density at radius 1 is 1.10 bits per heavy atom. The van der Waals surface area contributed by atoms with Gasteiger partial charge in [0.25, 0.3) is 0 Å². The number of hydrogen-bond donors (Lipinski definition) is 2. The van der Waals surface area contributed by atoms with Crippen molar-refractivity contribution in [2.24, 2.45) is 0 Å². The number of ether oxygens (including phenoxy) is 1. The van der Waals surface area contributed by atoms with Gasteiger partial charge in [-0.15, -0.1) is 0 Å². The summed E-state index contributed by atoms with van der Waals surface area (Å²) in [4.78, 5) is 11.6. The zero-order valence-corrected chi connectivity index (χ0v) is 12.2. The van der Waals surface area contributed by atoms with Crippen LogP contribution in [-0.4, -0.2) is 11.2 Å². The third-order valence-corrected chi connectivity index (χ3v) is 3.20. The Hall–Kier alpha value is -2.49. The van der Waals surface area contributed by atoms with E-state index in [-0.39, 0.29) is 6.61 Å². The van der Waals surface area contributed by atoms with Crippen LogP contribution in [0.4, 0.5) is 4.79 Å². The molecule has 4 heteroatoms. The first kappa shape index (κ1) is 14.9. The van der Waals surface area contributed by atoms with Crippen molar-refractivity contribution in [2.75, 3.05) is 0 Å². The molecule has 0 fully saturated rings. The summed E-state index contributed by atoms with van der Waals surface area (Å²) in [6, 6.07) is 13.2. The molecule has 110 valence electrons. The highest BCUT2D eigenvalue weighted by Gasteiger charge is 2.06. The Balaban J connectivity index is 1.84. The van der Waals surface area contributed by atoms with Crippen molar-refractivity contribution in [2.45, 2.75) is 27.0 Å². The average molecular weight is 285 g/mol. The fourth-order valence-corrected chi connectivity index (χ4v) is 2.10. The molecule has 0 aromatic heterocycles. The lowest BCUT2D eigenvalue weighted by molar-refractivity contribution is 0.139. The summed E-state index contributed by atoms with van der Waals surface area (Å²) in [6.07, 6.45) is -0.456. The van der Waals surface area contributed by atoms with Gasteiger partial charge in [-0.25, -0.2) is 4.79 Å². The highest BCUT2D eigenvalue weighted by Crippen LogP contribution is 2.22. The minimum Gasteiger partial charge on any atom is -0.507 e. The van der Waals surface area contributed by atoms with Gasteiger partial charge >= 0.3 is 6.09 Å². The molecular weight excluding hydrogens is 266 g/mol. The second-order valence-electron chi connectivity index (χ2n) is 4.99. The van der Waals surface area contributed by atoms with E-state index in [0.717, 1.165) is 22.3 Å². The molecule has 0 saturated heterocycles. The van der Waals surface area contributed by atoms with Crippen molar-refractivity contribution in [3.8, 4) is 5.75 Å². The highest BCUT2D eigenvalue weighted by molar-refractivity contribution is 5.67. The van der Waals surface area contributed by atoms with Crippen LogP contribution in [-0.2, 0) is 17.9 Å².